The van der Waals surface area contributed by atoms with Crippen LogP contribution in [0.2, 0.25) is 0 Å². The fourth-order valence-electron chi connectivity index (χ4n) is 4.41. The van der Waals surface area contributed by atoms with Gasteiger partial charge in [-0.1, -0.05) is 0 Å². The van der Waals surface area contributed by atoms with Gasteiger partial charge in [-0.05, 0) is 45.2 Å². The van der Waals surface area contributed by atoms with E-state index in [2.05, 4.69) is 31.2 Å². The van der Waals surface area contributed by atoms with Gasteiger partial charge in [0, 0.05) is 43.2 Å². The van der Waals surface area contributed by atoms with Gasteiger partial charge >= 0.3 is 0 Å². The summed E-state index contributed by atoms with van der Waals surface area (Å²) in [5.41, 5.74) is 4.30. The molecule has 1 N–H and O–H groups in total. The average Bonchev–Trinajstić information content (AvgIpc) is 3.27. The van der Waals surface area contributed by atoms with E-state index in [1.165, 1.54) is 11.1 Å². The van der Waals surface area contributed by atoms with Crippen molar-refractivity contribution in [1.82, 2.24) is 25.0 Å². The summed E-state index contributed by atoms with van der Waals surface area (Å²) in [5.74, 6) is 0.216. The van der Waals surface area contributed by atoms with Gasteiger partial charge in [-0.25, -0.2) is 9.67 Å². The lowest BCUT2D eigenvalue weighted by Gasteiger charge is -2.37. The lowest BCUT2D eigenvalue weighted by Crippen LogP contribution is -2.53. The van der Waals surface area contributed by atoms with Gasteiger partial charge in [0.2, 0.25) is 5.91 Å². The maximum absolute atomic E-state index is 12.9. The monoisotopic (exact) mass is 371 g/mol. The largest absolute Gasteiger partial charge is 0.373 e. The summed E-state index contributed by atoms with van der Waals surface area (Å²) >= 11 is 0. The van der Waals surface area contributed by atoms with Crippen LogP contribution in [0.15, 0.2) is 6.20 Å². The van der Waals surface area contributed by atoms with Gasteiger partial charge in [-0.2, -0.15) is 5.10 Å². The van der Waals surface area contributed by atoms with Crippen LogP contribution in [0.3, 0.4) is 0 Å². The molecule has 2 saturated heterocycles. The standard InChI is InChI=1S/C20H29N5O2/c1-12(2)25-20-16(9-22-25)13(3)15(14(4)23-20)5-6-19(26)24-7-8-27-18-11-21-10-17(18)24/h9,12,17-18,21H,5-8,10-11H2,1-4H3/t17-,18+/m0/s1. The van der Waals surface area contributed by atoms with Gasteiger partial charge in [-0.15, -0.1) is 0 Å². The number of carbonyl (C=O) groups is 1. The highest BCUT2D eigenvalue weighted by atomic mass is 16.5. The Hall–Kier alpha value is -1.99. The van der Waals surface area contributed by atoms with Gasteiger partial charge in [0.1, 0.15) is 0 Å². The highest BCUT2D eigenvalue weighted by Crippen LogP contribution is 2.26. The lowest BCUT2D eigenvalue weighted by molar-refractivity contribution is -0.142. The Morgan fingerprint density at radius 3 is 2.96 bits per heavy atom. The van der Waals surface area contributed by atoms with E-state index in [-0.39, 0.29) is 24.1 Å². The third kappa shape index (κ3) is 3.23. The number of pyridine rings is 1. The molecule has 1 amide bonds. The van der Waals surface area contributed by atoms with Crippen molar-refractivity contribution in [3.63, 3.8) is 0 Å². The summed E-state index contributed by atoms with van der Waals surface area (Å²) in [6, 6.07) is 0.453. The van der Waals surface area contributed by atoms with Crippen LogP contribution in [0, 0.1) is 13.8 Å². The van der Waals surface area contributed by atoms with Crippen LogP contribution in [0.25, 0.3) is 11.0 Å². The molecule has 0 unspecified atom stereocenters. The van der Waals surface area contributed by atoms with Crippen molar-refractivity contribution in [2.75, 3.05) is 26.2 Å². The van der Waals surface area contributed by atoms with Crippen LogP contribution in [0.5, 0.6) is 0 Å². The van der Waals surface area contributed by atoms with Gasteiger partial charge in [-0.3, -0.25) is 4.79 Å². The Kier molecular flexibility index (Phi) is 4.90. The Morgan fingerprint density at radius 2 is 2.19 bits per heavy atom. The molecule has 4 heterocycles. The lowest BCUT2D eigenvalue weighted by atomic mass is 9.99. The molecular weight excluding hydrogens is 342 g/mol. The zero-order valence-electron chi connectivity index (χ0n) is 16.7. The van der Waals surface area contributed by atoms with E-state index in [0.29, 0.717) is 26.0 Å². The Balaban J connectivity index is 1.52. The molecule has 2 aromatic heterocycles. The van der Waals surface area contributed by atoms with Crippen molar-refractivity contribution in [3.05, 3.63) is 23.0 Å². The number of amides is 1. The second-order valence-electron chi connectivity index (χ2n) is 7.94. The van der Waals surface area contributed by atoms with Crippen LogP contribution in [0.1, 0.15) is 43.1 Å². The number of nitrogens with zero attached hydrogens (tertiary/aromatic N) is 4. The first-order valence-electron chi connectivity index (χ1n) is 9.92. The summed E-state index contributed by atoms with van der Waals surface area (Å²) in [6.45, 7) is 11.4. The maximum atomic E-state index is 12.9. The number of morpholine rings is 1. The number of nitrogens with one attached hydrogen (secondary N) is 1. The second kappa shape index (κ2) is 7.20. The molecule has 0 aromatic carbocycles. The minimum absolute atomic E-state index is 0.145. The minimum atomic E-state index is 0.145. The molecule has 2 aliphatic heterocycles. The third-order valence-corrected chi connectivity index (χ3v) is 5.93. The predicted octanol–water partition coefficient (Wildman–Crippen LogP) is 1.76. The third-order valence-electron chi connectivity index (χ3n) is 5.93. The number of aryl methyl sites for hydroxylation is 2. The van der Waals surface area contributed by atoms with E-state index < -0.39 is 0 Å². The fraction of sp³-hybridized carbons (Fsp3) is 0.650. The van der Waals surface area contributed by atoms with Gasteiger partial charge < -0.3 is 15.0 Å². The minimum Gasteiger partial charge on any atom is -0.373 e. The summed E-state index contributed by atoms with van der Waals surface area (Å²) in [6.07, 6.45) is 3.27. The van der Waals surface area contributed by atoms with Crippen molar-refractivity contribution in [2.45, 2.75) is 58.7 Å². The van der Waals surface area contributed by atoms with Gasteiger partial charge in [0.25, 0.3) is 0 Å². The molecule has 0 spiro atoms. The summed E-state index contributed by atoms with van der Waals surface area (Å²) < 4.78 is 7.74. The van der Waals surface area contributed by atoms with Crippen LogP contribution in [0.4, 0.5) is 0 Å². The van der Waals surface area contributed by atoms with Crippen LogP contribution >= 0.6 is 0 Å². The Bertz CT molecular complexity index is 860. The van der Waals surface area contributed by atoms with E-state index in [1.54, 1.807) is 0 Å². The molecule has 146 valence electrons. The molecule has 0 radical (unpaired) electrons. The fourth-order valence-corrected chi connectivity index (χ4v) is 4.41. The molecule has 2 aliphatic rings. The highest BCUT2D eigenvalue weighted by molar-refractivity contribution is 5.81. The highest BCUT2D eigenvalue weighted by Gasteiger charge is 2.38. The smallest absolute Gasteiger partial charge is 0.223 e. The molecule has 2 aromatic rings. The first kappa shape index (κ1) is 18.4. The molecule has 0 saturated carbocycles. The average molecular weight is 371 g/mol. The Labute approximate surface area is 160 Å². The van der Waals surface area contributed by atoms with E-state index in [0.717, 1.165) is 29.8 Å². The van der Waals surface area contributed by atoms with Gasteiger partial charge in [0.05, 0.1) is 24.9 Å². The molecule has 0 aliphatic carbocycles. The van der Waals surface area contributed by atoms with E-state index in [9.17, 15) is 4.79 Å². The first-order valence-corrected chi connectivity index (χ1v) is 9.92. The van der Waals surface area contributed by atoms with Crippen LogP contribution in [-0.4, -0.2) is 64.0 Å². The van der Waals surface area contributed by atoms with E-state index in [1.807, 2.05) is 22.7 Å². The topological polar surface area (TPSA) is 72.3 Å². The zero-order chi connectivity index (χ0) is 19.1. The number of aromatic nitrogens is 3. The number of carbonyl (C=O) groups excluding carboxylic acids is 1. The molecule has 4 rings (SSSR count). The molecule has 2 atom stereocenters. The van der Waals surface area contributed by atoms with Crippen molar-refractivity contribution in [3.8, 4) is 0 Å². The SMILES string of the molecule is Cc1nc2c(cnn2C(C)C)c(C)c1CCC(=O)N1CCO[C@@H]2CNC[C@@H]21. The predicted molar refractivity (Wildman–Crippen MR) is 104 cm³/mol. The summed E-state index contributed by atoms with van der Waals surface area (Å²) in [4.78, 5) is 19.7. The normalized spacial score (nSPS) is 22.6. The Morgan fingerprint density at radius 1 is 1.37 bits per heavy atom. The van der Waals surface area contributed by atoms with Crippen LogP contribution < -0.4 is 5.32 Å². The first-order chi connectivity index (χ1) is 13.0. The van der Waals surface area contributed by atoms with Crippen LogP contribution in [-0.2, 0) is 16.0 Å². The molecule has 2 fully saturated rings. The quantitative estimate of drug-likeness (QED) is 0.887. The molecule has 0 bridgehead atoms. The van der Waals surface area contributed by atoms with Crippen molar-refractivity contribution >= 4 is 16.9 Å². The summed E-state index contributed by atoms with van der Waals surface area (Å²) in [5, 5.41) is 8.92. The number of rotatable bonds is 4. The number of fused-ring (bicyclic) bond motifs is 2. The van der Waals surface area contributed by atoms with Gasteiger partial charge in [0.15, 0.2) is 5.65 Å². The molecule has 7 nitrogen and oxygen atoms in total. The number of hydrogen-bond donors (Lipinski definition) is 1. The van der Waals surface area contributed by atoms with E-state index in [4.69, 9.17) is 9.72 Å². The van der Waals surface area contributed by atoms with E-state index >= 15 is 0 Å². The second-order valence-corrected chi connectivity index (χ2v) is 7.94. The molecule has 7 heteroatoms. The van der Waals surface area contributed by atoms with Crippen molar-refractivity contribution < 1.29 is 9.53 Å². The molecule has 27 heavy (non-hydrogen) atoms. The number of hydrogen-bond acceptors (Lipinski definition) is 5. The summed E-state index contributed by atoms with van der Waals surface area (Å²) in [7, 11) is 0. The van der Waals surface area contributed by atoms with Crippen molar-refractivity contribution in [1.29, 1.82) is 0 Å². The number of ether oxygens (including phenoxy) is 1. The zero-order valence-corrected chi connectivity index (χ0v) is 16.7. The maximum Gasteiger partial charge on any atom is 0.223 e. The molecular formula is C20H29N5O2. The van der Waals surface area contributed by atoms with Crippen molar-refractivity contribution in [2.24, 2.45) is 0 Å².